The summed E-state index contributed by atoms with van der Waals surface area (Å²) < 4.78 is 31.6. The number of rotatable bonds is 10. The average molecular weight is 298 g/mol. The lowest BCUT2D eigenvalue weighted by molar-refractivity contribution is 0.256. The predicted molar refractivity (Wildman–Crippen MR) is 77.7 cm³/mol. The van der Waals surface area contributed by atoms with E-state index in [0.29, 0.717) is 6.61 Å². The van der Waals surface area contributed by atoms with E-state index in [1.165, 1.54) is 51.4 Å². The lowest BCUT2D eigenvalue weighted by Gasteiger charge is -2.08. The van der Waals surface area contributed by atoms with Crippen LogP contribution in [-0.2, 0) is 10.4 Å². The molecule has 0 spiro atoms. The Labute approximate surface area is 118 Å². The fourth-order valence-corrected chi connectivity index (χ4v) is 1.81. The maximum absolute atomic E-state index is 8.74. The van der Waals surface area contributed by atoms with Gasteiger partial charge in [-0.05, 0) is 12.3 Å². The van der Waals surface area contributed by atoms with Crippen molar-refractivity contribution in [1.82, 2.24) is 0 Å². The van der Waals surface area contributed by atoms with Crippen molar-refractivity contribution in [2.24, 2.45) is 5.92 Å². The van der Waals surface area contributed by atoms with Gasteiger partial charge in [0.05, 0.1) is 0 Å². The zero-order valence-electron chi connectivity index (χ0n) is 12.2. The second kappa shape index (κ2) is 14.2. The van der Waals surface area contributed by atoms with E-state index in [0.717, 1.165) is 12.3 Å². The average Bonchev–Trinajstić information content (AvgIpc) is 2.26. The SMILES string of the molecule is CCCCCCCCCC(C)CCO.O=S(=O)(O)O. The summed E-state index contributed by atoms with van der Waals surface area (Å²) in [5, 5.41) is 8.74. The van der Waals surface area contributed by atoms with Crippen molar-refractivity contribution in [3.05, 3.63) is 0 Å². The molecule has 6 heteroatoms. The minimum atomic E-state index is -4.67. The summed E-state index contributed by atoms with van der Waals surface area (Å²) in [5.74, 6) is 0.718. The second-order valence-electron chi connectivity index (χ2n) is 4.98. The van der Waals surface area contributed by atoms with Gasteiger partial charge >= 0.3 is 10.4 Å². The molecule has 0 bridgehead atoms. The zero-order chi connectivity index (χ0) is 15.1. The molecule has 0 saturated heterocycles. The van der Waals surface area contributed by atoms with E-state index in [1.807, 2.05) is 0 Å². The van der Waals surface area contributed by atoms with E-state index in [2.05, 4.69) is 13.8 Å². The molecule has 0 saturated carbocycles. The maximum atomic E-state index is 8.74. The van der Waals surface area contributed by atoms with Gasteiger partial charge in [0.1, 0.15) is 0 Å². The summed E-state index contributed by atoms with van der Waals surface area (Å²) in [6.07, 6.45) is 12.0. The van der Waals surface area contributed by atoms with Gasteiger partial charge in [-0.1, -0.05) is 65.2 Å². The molecule has 1 atom stereocenters. The Hall–Kier alpha value is -0.170. The monoisotopic (exact) mass is 298 g/mol. The lowest BCUT2D eigenvalue weighted by atomic mass is 9.99. The highest BCUT2D eigenvalue weighted by molar-refractivity contribution is 7.79. The molecule has 0 aromatic rings. The molecular weight excluding hydrogens is 268 g/mol. The van der Waals surface area contributed by atoms with Crippen molar-refractivity contribution in [1.29, 1.82) is 0 Å². The summed E-state index contributed by atoms with van der Waals surface area (Å²) >= 11 is 0. The highest BCUT2D eigenvalue weighted by atomic mass is 32.3. The van der Waals surface area contributed by atoms with E-state index in [-0.39, 0.29) is 0 Å². The van der Waals surface area contributed by atoms with Crippen LogP contribution in [0.25, 0.3) is 0 Å². The third-order valence-corrected chi connectivity index (χ3v) is 2.92. The van der Waals surface area contributed by atoms with Crippen LogP contribution in [0.3, 0.4) is 0 Å². The fourth-order valence-electron chi connectivity index (χ4n) is 1.81. The van der Waals surface area contributed by atoms with E-state index in [4.69, 9.17) is 22.6 Å². The van der Waals surface area contributed by atoms with Gasteiger partial charge in [0, 0.05) is 6.61 Å². The molecule has 5 nitrogen and oxygen atoms in total. The van der Waals surface area contributed by atoms with Crippen LogP contribution in [0.1, 0.15) is 71.6 Å². The number of hydrogen-bond acceptors (Lipinski definition) is 3. The Morgan fingerprint density at radius 3 is 1.74 bits per heavy atom. The summed E-state index contributed by atoms with van der Waals surface area (Å²) in [4.78, 5) is 0. The van der Waals surface area contributed by atoms with Gasteiger partial charge in [0.25, 0.3) is 0 Å². The molecule has 1 unspecified atom stereocenters. The maximum Gasteiger partial charge on any atom is 0.394 e. The molecular formula is C13H30O5S. The standard InChI is InChI=1S/C13H28O.H2O4S/c1-3-4-5-6-7-8-9-10-13(2)11-12-14;1-5(2,3)4/h13-14H,3-12H2,1-2H3;(H2,1,2,3,4). The Bertz CT molecular complexity index is 256. The van der Waals surface area contributed by atoms with E-state index in [1.54, 1.807) is 0 Å². The van der Waals surface area contributed by atoms with Gasteiger partial charge in [-0.25, -0.2) is 0 Å². The number of hydrogen-bond donors (Lipinski definition) is 3. The first kappa shape index (κ1) is 21.1. The molecule has 0 aliphatic carbocycles. The number of unbranched alkanes of at least 4 members (excludes halogenated alkanes) is 6. The van der Waals surface area contributed by atoms with Gasteiger partial charge < -0.3 is 5.11 Å². The third-order valence-electron chi connectivity index (χ3n) is 2.92. The number of aliphatic hydroxyl groups excluding tert-OH is 1. The van der Waals surface area contributed by atoms with Gasteiger partial charge in [-0.3, -0.25) is 9.11 Å². The van der Waals surface area contributed by atoms with E-state index in [9.17, 15) is 0 Å². The van der Waals surface area contributed by atoms with Crippen LogP contribution in [-0.4, -0.2) is 29.2 Å². The van der Waals surface area contributed by atoms with Crippen LogP contribution in [0.2, 0.25) is 0 Å². The van der Waals surface area contributed by atoms with Crippen molar-refractivity contribution in [3.8, 4) is 0 Å². The molecule has 0 fully saturated rings. The Kier molecular flexibility index (Phi) is 15.8. The Morgan fingerprint density at radius 1 is 0.895 bits per heavy atom. The Balaban J connectivity index is 0. The molecule has 0 radical (unpaired) electrons. The molecule has 0 aromatic carbocycles. The largest absolute Gasteiger partial charge is 0.396 e. The minimum Gasteiger partial charge on any atom is -0.396 e. The number of aliphatic hydroxyl groups is 1. The molecule has 0 aromatic heterocycles. The molecule has 0 rings (SSSR count). The first-order valence-corrected chi connectivity index (χ1v) is 8.51. The van der Waals surface area contributed by atoms with Crippen molar-refractivity contribution in [3.63, 3.8) is 0 Å². The first-order valence-electron chi connectivity index (χ1n) is 7.12. The quantitative estimate of drug-likeness (QED) is 0.424. The minimum absolute atomic E-state index is 0.359. The van der Waals surface area contributed by atoms with Crippen LogP contribution in [0.5, 0.6) is 0 Å². The molecule has 0 heterocycles. The Morgan fingerprint density at radius 2 is 1.32 bits per heavy atom. The predicted octanol–water partition coefficient (Wildman–Crippen LogP) is 3.49. The van der Waals surface area contributed by atoms with Gasteiger partial charge in [0.15, 0.2) is 0 Å². The summed E-state index contributed by atoms with van der Waals surface area (Å²) in [6, 6.07) is 0. The highest BCUT2D eigenvalue weighted by Crippen LogP contribution is 2.14. The van der Waals surface area contributed by atoms with Crippen LogP contribution < -0.4 is 0 Å². The van der Waals surface area contributed by atoms with Gasteiger partial charge in [-0.15, -0.1) is 0 Å². The molecule has 0 aliphatic heterocycles. The smallest absolute Gasteiger partial charge is 0.394 e. The molecule has 0 aliphatic rings. The van der Waals surface area contributed by atoms with E-state index >= 15 is 0 Å². The molecule has 0 amide bonds. The van der Waals surface area contributed by atoms with E-state index < -0.39 is 10.4 Å². The first-order chi connectivity index (χ1) is 8.81. The zero-order valence-corrected chi connectivity index (χ0v) is 13.0. The lowest BCUT2D eigenvalue weighted by Crippen LogP contribution is -1.97. The third kappa shape index (κ3) is 31.9. The summed E-state index contributed by atoms with van der Waals surface area (Å²) in [5.41, 5.74) is 0. The fraction of sp³-hybridized carbons (Fsp3) is 1.00. The van der Waals surface area contributed by atoms with Gasteiger partial charge in [0.2, 0.25) is 0 Å². The summed E-state index contributed by atoms with van der Waals surface area (Å²) in [6.45, 7) is 4.86. The highest BCUT2D eigenvalue weighted by Gasteiger charge is 2.00. The van der Waals surface area contributed by atoms with Crippen molar-refractivity contribution in [2.75, 3.05) is 6.61 Å². The van der Waals surface area contributed by atoms with Crippen LogP contribution in [0.4, 0.5) is 0 Å². The van der Waals surface area contributed by atoms with Crippen molar-refractivity contribution >= 4 is 10.4 Å². The van der Waals surface area contributed by atoms with Crippen molar-refractivity contribution < 1.29 is 22.6 Å². The second-order valence-corrected chi connectivity index (χ2v) is 5.87. The molecule has 19 heavy (non-hydrogen) atoms. The van der Waals surface area contributed by atoms with Crippen LogP contribution in [0.15, 0.2) is 0 Å². The van der Waals surface area contributed by atoms with Crippen molar-refractivity contribution in [2.45, 2.75) is 71.6 Å². The summed E-state index contributed by atoms with van der Waals surface area (Å²) in [7, 11) is -4.67. The van der Waals surface area contributed by atoms with Crippen LogP contribution in [0, 0.1) is 5.92 Å². The molecule has 3 N–H and O–H groups in total. The molecule has 118 valence electrons. The normalized spacial score (nSPS) is 12.7. The van der Waals surface area contributed by atoms with Crippen LogP contribution >= 0.6 is 0 Å². The topological polar surface area (TPSA) is 94.8 Å². The van der Waals surface area contributed by atoms with Gasteiger partial charge in [-0.2, -0.15) is 8.42 Å².